The van der Waals surface area contributed by atoms with Crippen molar-refractivity contribution in [1.29, 1.82) is 0 Å². The molecule has 150 valence electrons. The molecule has 28 heavy (non-hydrogen) atoms. The van der Waals surface area contributed by atoms with Crippen molar-refractivity contribution in [3.63, 3.8) is 0 Å². The average molecular weight is 385 g/mol. The average Bonchev–Trinajstić information content (AvgIpc) is 2.66. The fourth-order valence-electron chi connectivity index (χ4n) is 3.52. The van der Waals surface area contributed by atoms with Gasteiger partial charge in [-0.25, -0.2) is 4.39 Å². The van der Waals surface area contributed by atoms with E-state index in [9.17, 15) is 9.18 Å². The molecule has 1 N–H and O–H groups in total. The van der Waals surface area contributed by atoms with E-state index >= 15 is 0 Å². The third-order valence-electron chi connectivity index (χ3n) is 5.11. The van der Waals surface area contributed by atoms with Crippen LogP contribution in [0.2, 0.25) is 0 Å². The first kappa shape index (κ1) is 20.3. The van der Waals surface area contributed by atoms with E-state index in [1.807, 2.05) is 32.0 Å². The standard InChI is InChI=1S/C22H28FN3O2/c1-16-4-6-20(17(2)12-16)24-22(27)15-26-10-8-25(9-11-26)14-18-5-7-21(28-3)19(23)13-18/h4-7,12-13H,8-11,14-15H2,1-3H3,(H,24,27). The summed E-state index contributed by atoms with van der Waals surface area (Å²) in [5.74, 6) is -0.0530. The predicted octanol–water partition coefficient (Wildman–Crippen LogP) is 3.21. The van der Waals surface area contributed by atoms with Crippen LogP contribution >= 0.6 is 0 Å². The number of carbonyl (C=O) groups is 1. The molecule has 0 radical (unpaired) electrons. The van der Waals surface area contributed by atoms with Gasteiger partial charge < -0.3 is 10.1 Å². The van der Waals surface area contributed by atoms with Crippen molar-refractivity contribution in [3.05, 3.63) is 58.9 Å². The molecule has 1 saturated heterocycles. The van der Waals surface area contributed by atoms with Gasteiger partial charge in [-0.1, -0.05) is 23.8 Å². The molecular formula is C22H28FN3O2. The molecule has 6 heteroatoms. The number of carbonyl (C=O) groups excluding carboxylic acids is 1. The van der Waals surface area contributed by atoms with Crippen LogP contribution in [0.3, 0.4) is 0 Å². The number of benzene rings is 2. The van der Waals surface area contributed by atoms with E-state index < -0.39 is 0 Å². The molecule has 3 rings (SSSR count). The van der Waals surface area contributed by atoms with Gasteiger partial charge >= 0.3 is 0 Å². The molecule has 2 aromatic carbocycles. The minimum Gasteiger partial charge on any atom is -0.494 e. The third-order valence-corrected chi connectivity index (χ3v) is 5.11. The highest BCUT2D eigenvalue weighted by Gasteiger charge is 2.19. The molecule has 1 fully saturated rings. The van der Waals surface area contributed by atoms with Gasteiger partial charge in [0.25, 0.3) is 0 Å². The number of anilines is 1. The fraction of sp³-hybridized carbons (Fsp3) is 0.409. The molecule has 0 saturated carbocycles. The zero-order valence-corrected chi connectivity index (χ0v) is 16.8. The molecule has 0 bridgehead atoms. The van der Waals surface area contributed by atoms with Crippen LogP contribution in [0.15, 0.2) is 36.4 Å². The number of hydrogen-bond acceptors (Lipinski definition) is 4. The van der Waals surface area contributed by atoms with Gasteiger partial charge in [0.2, 0.25) is 5.91 Å². The molecule has 0 spiro atoms. The highest BCUT2D eigenvalue weighted by molar-refractivity contribution is 5.93. The quantitative estimate of drug-likeness (QED) is 0.829. The summed E-state index contributed by atoms with van der Waals surface area (Å²) in [7, 11) is 1.47. The van der Waals surface area contributed by atoms with E-state index in [0.717, 1.165) is 43.0 Å². The van der Waals surface area contributed by atoms with Gasteiger partial charge in [0.05, 0.1) is 13.7 Å². The van der Waals surface area contributed by atoms with Crippen LogP contribution in [-0.2, 0) is 11.3 Å². The number of rotatable bonds is 6. The fourth-order valence-corrected chi connectivity index (χ4v) is 3.52. The van der Waals surface area contributed by atoms with Crippen LogP contribution in [0.1, 0.15) is 16.7 Å². The number of nitrogens with one attached hydrogen (secondary N) is 1. The summed E-state index contributed by atoms with van der Waals surface area (Å²) in [5.41, 5.74) is 4.06. The Morgan fingerprint density at radius 3 is 2.43 bits per heavy atom. The normalized spacial score (nSPS) is 15.4. The smallest absolute Gasteiger partial charge is 0.238 e. The van der Waals surface area contributed by atoms with Crippen molar-refractivity contribution in [3.8, 4) is 5.75 Å². The minimum absolute atomic E-state index is 0.0117. The lowest BCUT2D eigenvalue weighted by Crippen LogP contribution is -2.48. The maximum absolute atomic E-state index is 13.8. The van der Waals surface area contributed by atoms with Crippen LogP contribution in [0.5, 0.6) is 5.75 Å². The number of ether oxygens (including phenoxy) is 1. The molecule has 1 aliphatic rings. The Morgan fingerprint density at radius 1 is 1.07 bits per heavy atom. The number of methoxy groups -OCH3 is 1. The summed E-state index contributed by atoms with van der Waals surface area (Å²) >= 11 is 0. The Morgan fingerprint density at radius 2 is 1.79 bits per heavy atom. The Labute approximate surface area is 166 Å². The van der Waals surface area contributed by atoms with Crippen molar-refractivity contribution in [2.45, 2.75) is 20.4 Å². The molecule has 0 atom stereocenters. The maximum Gasteiger partial charge on any atom is 0.238 e. The maximum atomic E-state index is 13.8. The van der Waals surface area contributed by atoms with Gasteiger partial charge in [-0.15, -0.1) is 0 Å². The van der Waals surface area contributed by atoms with Crippen molar-refractivity contribution < 1.29 is 13.9 Å². The van der Waals surface area contributed by atoms with E-state index in [0.29, 0.717) is 13.1 Å². The summed E-state index contributed by atoms with van der Waals surface area (Å²) in [6.07, 6.45) is 0. The summed E-state index contributed by atoms with van der Waals surface area (Å²) < 4.78 is 18.8. The second-order valence-electron chi connectivity index (χ2n) is 7.39. The number of hydrogen-bond donors (Lipinski definition) is 1. The van der Waals surface area contributed by atoms with Crippen LogP contribution < -0.4 is 10.1 Å². The first-order chi connectivity index (χ1) is 13.4. The van der Waals surface area contributed by atoms with Gasteiger partial charge in [0.1, 0.15) is 0 Å². The van der Waals surface area contributed by atoms with Crippen LogP contribution in [-0.4, -0.2) is 55.5 Å². The molecule has 5 nitrogen and oxygen atoms in total. The van der Waals surface area contributed by atoms with Crippen LogP contribution in [0.25, 0.3) is 0 Å². The third kappa shape index (κ3) is 5.30. The zero-order chi connectivity index (χ0) is 20.1. The van der Waals surface area contributed by atoms with Crippen LogP contribution in [0.4, 0.5) is 10.1 Å². The second-order valence-corrected chi connectivity index (χ2v) is 7.39. The highest BCUT2D eigenvalue weighted by atomic mass is 19.1. The van der Waals surface area contributed by atoms with E-state index in [1.165, 1.54) is 18.7 Å². The first-order valence-corrected chi connectivity index (χ1v) is 9.59. The number of halogens is 1. The molecule has 1 amide bonds. The Bertz CT molecular complexity index is 833. The monoisotopic (exact) mass is 385 g/mol. The van der Waals surface area contributed by atoms with Gasteiger partial charge in [-0.2, -0.15) is 0 Å². The summed E-state index contributed by atoms with van der Waals surface area (Å²) in [6.45, 7) is 8.47. The molecule has 2 aromatic rings. The molecule has 1 aliphatic heterocycles. The van der Waals surface area contributed by atoms with Crippen molar-refractivity contribution in [2.24, 2.45) is 0 Å². The Kier molecular flexibility index (Phi) is 6.65. The van der Waals surface area contributed by atoms with Crippen molar-refractivity contribution in [1.82, 2.24) is 9.80 Å². The number of nitrogens with zero attached hydrogens (tertiary/aromatic N) is 2. The topological polar surface area (TPSA) is 44.8 Å². The molecule has 0 unspecified atom stereocenters. The zero-order valence-electron chi connectivity index (χ0n) is 16.8. The first-order valence-electron chi connectivity index (χ1n) is 9.59. The lowest BCUT2D eigenvalue weighted by atomic mass is 10.1. The van der Waals surface area contributed by atoms with Gasteiger partial charge in [0, 0.05) is 38.4 Å². The van der Waals surface area contributed by atoms with Crippen molar-refractivity contribution >= 4 is 11.6 Å². The van der Waals surface area contributed by atoms with E-state index in [-0.39, 0.29) is 17.5 Å². The molecule has 1 heterocycles. The number of aryl methyl sites for hydroxylation is 2. The summed E-state index contributed by atoms with van der Waals surface area (Å²) in [4.78, 5) is 16.8. The second kappa shape index (κ2) is 9.17. The molecule has 0 aromatic heterocycles. The minimum atomic E-state index is -0.332. The van der Waals surface area contributed by atoms with Gasteiger partial charge in [0.15, 0.2) is 11.6 Å². The van der Waals surface area contributed by atoms with Crippen LogP contribution in [0, 0.1) is 19.7 Å². The largest absolute Gasteiger partial charge is 0.494 e. The predicted molar refractivity (Wildman–Crippen MR) is 109 cm³/mol. The molecular weight excluding hydrogens is 357 g/mol. The SMILES string of the molecule is COc1ccc(CN2CCN(CC(=O)Nc3ccc(C)cc3C)CC2)cc1F. The Balaban J connectivity index is 1.46. The lowest BCUT2D eigenvalue weighted by Gasteiger charge is -2.34. The van der Waals surface area contributed by atoms with Gasteiger partial charge in [-0.05, 0) is 43.2 Å². The van der Waals surface area contributed by atoms with Crippen molar-refractivity contribution in [2.75, 3.05) is 45.2 Å². The highest BCUT2D eigenvalue weighted by Crippen LogP contribution is 2.19. The van der Waals surface area contributed by atoms with Gasteiger partial charge in [-0.3, -0.25) is 14.6 Å². The van der Waals surface area contributed by atoms with E-state index in [1.54, 1.807) is 6.07 Å². The van der Waals surface area contributed by atoms with E-state index in [2.05, 4.69) is 21.2 Å². The lowest BCUT2D eigenvalue weighted by molar-refractivity contribution is -0.117. The summed E-state index contributed by atoms with van der Waals surface area (Å²) in [6, 6.07) is 11.1. The number of amides is 1. The van der Waals surface area contributed by atoms with E-state index in [4.69, 9.17) is 4.74 Å². The summed E-state index contributed by atoms with van der Waals surface area (Å²) in [5, 5.41) is 3.01. The Hall–Kier alpha value is -2.44. The molecule has 0 aliphatic carbocycles. The number of piperazine rings is 1.